The molecule has 0 unspecified atom stereocenters. The molecule has 0 atom stereocenters. The normalized spacial score (nSPS) is 9.33. The summed E-state index contributed by atoms with van der Waals surface area (Å²) in [5.74, 6) is -3.06. The standard InChI is InChI=1S/C10H8O5/c1-6(9(12)13)15-10(14)7-3-2-4-8(11)5-7/h2-5,11H,1H2,(H,12,13). The van der Waals surface area contributed by atoms with E-state index in [1.807, 2.05) is 0 Å². The molecule has 1 aromatic rings. The molecule has 1 rings (SSSR count). The van der Waals surface area contributed by atoms with Crippen LogP contribution in [0.25, 0.3) is 0 Å². The van der Waals surface area contributed by atoms with Crippen molar-refractivity contribution in [1.29, 1.82) is 0 Å². The maximum Gasteiger partial charge on any atom is 0.371 e. The van der Waals surface area contributed by atoms with E-state index in [1.165, 1.54) is 18.2 Å². The first-order valence-electron chi connectivity index (χ1n) is 3.94. The van der Waals surface area contributed by atoms with Crippen LogP contribution >= 0.6 is 0 Å². The van der Waals surface area contributed by atoms with Crippen molar-refractivity contribution in [2.45, 2.75) is 0 Å². The van der Waals surface area contributed by atoms with Crippen molar-refractivity contribution in [2.24, 2.45) is 0 Å². The molecule has 0 aliphatic rings. The van der Waals surface area contributed by atoms with Crippen molar-refractivity contribution < 1.29 is 24.5 Å². The molecule has 5 heteroatoms. The van der Waals surface area contributed by atoms with Gasteiger partial charge in [0.1, 0.15) is 5.75 Å². The van der Waals surface area contributed by atoms with Crippen LogP contribution in [0.3, 0.4) is 0 Å². The van der Waals surface area contributed by atoms with E-state index in [0.717, 1.165) is 6.07 Å². The molecule has 0 radical (unpaired) electrons. The molecule has 0 heterocycles. The molecule has 0 aliphatic carbocycles. The van der Waals surface area contributed by atoms with Crippen molar-refractivity contribution in [3.8, 4) is 5.75 Å². The van der Waals surface area contributed by atoms with Crippen molar-refractivity contribution in [2.75, 3.05) is 0 Å². The number of carbonyl (C=O) groups is 2. The molecule has 0 fully saturated rings. The van der Waals surface area contributed by atoms with Crippen LogP contribution in [-0.2, 0) is 9.53 Å². The van der Waals surface area contributed by atoms with Gasteiger partial charge in [0.2, 0.25) is 5.76 Å². The topological polar surface area (TPSA) is 83.8 Å². The number of aliphatic carboxylic acids is 1. The third-order valence-corrected chi connectivity index (χ3v) is 1.54. The maximum atomic E-state index is 11.3. The van der Waals surface area contributed by atoms with Gasteiger partial charge in [-0.05, 0) is 24.8 Å². The number of phenols is 1. The Bertz CT molecular complexity index is 422. The minimum absolute atomic E-state index is 0.0531. The summed E-state index contributed by atoms with van der Waals surface area (Å²) in [6.07, 6.45) is 0. The lowest BCUT2D eigenvalue weighted by Gasteiger charge is -2.03. The number of carboxylic acid groups (broad SMARTS) is 1. The Morgan fingerprint density at radius 2 is 2.00 bits per heavy atom. The molecule has 78 valence electrons. The number of aromatic hydroxyl groups is 1. The minimum atomic E-state index is -1.41. The fourth-order valence-corrected chi connectivity index (χ4v) is 0.847. The van der Waals surface area contributed by atoms with Crippen LogP contribution in [-0.4, -0.2) is 22.2 Å². The van der Waals surface area contributed by atoms with E-state index in [2.05, 4.69) is 11.3 Å². The monoisotopic (exact) mass is 208 g/mol. The molecule has 0 aliphatic heterocycles. The van der Waals surface area contributed by atoms with Gasteiger partial charge in [-0.1, -0.05) is 6.07 Å². The number of rotatable bonds is 3. The summed E-state index contributed by atoms with van der Waals surface area (Å²) in [6.45, 7) is 3.04. The van der Waals surface area contributed by atoms with Crippen LogP contribution in [0.15, 0.2) is 36.6 Å². The van der Waals surface area contributed by atoms with E-state index in [9.17, 15) is 9.59 Å². The Morgan fingerprint density at radius 1 is 1.33 bits per heavy atom. The number of hydrogen-bond acceptors (Lipinski definition) is 4. The highest BCUT2D eigenvalue weighted by molar-refractivity contribution is 5.94. The molecule has 0 aromatic heterocycles. The van der Waals surface area contributed by atoms with Gasteiger partial charge >= 0.3 is 11.9 Å². The number of carbonyl (C=O) groups excluding carboxylic acids is 1. The second-order valence-corrected chi connectivity index (χ2v) is 2.67. The first-order valence-corrected chi connectivity index (χ1v) is 3.94. The zero-order valence-corrected chi connectivity index (χ0v) is 7.64. The predicted octanol–water partition coefficient (Wildman–Crippen LogP) is 1.15. The fourth-order valence-electron chi connectivity index (χ4n) is 0.847. The highest BCUT2D eigenvalue weighted by Crippen LogP contribution is 2.12. The molecule has 0 spiro atoms. The van der Waals surface area contributed by atoms with E-state index >= 15 is 0 Å². The van der Waals surface area contributed by atoms with Crippen LogP contribution in [0, 0.1) is 0 Å². The minimum Gasteiger partial charge on any atom is -0.508 e. The Morgan fingerprint density at radius 3 is 2.53 bits per heavy atom. The summed E-state index contributed by atoms with van der Waals surface area (Å²) in [6, 6.07) is 5.37. The average molecular weight is 208 g/mol. The highest BCUT2D eigenvalue weighted by atomic mass is 16.6. The molecule has 0 amide bonds. The average Bonchev–Trinajstić information content (AvgIpc) is 2.17. The lowest BCUT2D eigenvalue weighted by atomic mass is 10.2. The Labute approximate surface area is 85.2 Å². The quantitative estimate of drug-likeness (QED) is 0.442. The first kappa shape index (κ1) is 10.8. The molecule has 1 aromatic carbocycles. The van der Waals surface area contributed by atoms with Crippen LogP contribution in [0.2, 0.25) is 0 Å². The lowest BCUT2D eigenvalue weighted by molar-refractivity contribution is -0.135. The summed E-state index contributed by atoms with van der Waals surface area (Å²) in [7, 11) is 0. The summed E-state index contributed by atoms with van der Waals surface area (Å²) in [5.41, 5.74) is 0.0531. The van der Waals surface area contributed by atoms with Crippen LogP contribution in [0.5, 0.6) is 5.75 Å². The van der Waals surface area contributed by atoms with Gasteiger partial charge in [0, 0.05) is 0 Å². The van der Waals surface area contributed by atoms with E-state index in [1.54, 1.807) is 0 Å². The third-order valence-electron chi connectivity index (χ3n) is 1.54. The van der Waals surface area contributed by atoms with Gasteiger partial charge in [0.05, 0.1) is 5.56 Å². The number of hydrogen-bond donors (Lipinski definition) is 2. The van der Waals surface area contributed by atoms with Gasteiger partial charge in [0.15, 0.2) is 0 Å². The molecule has 15 heavy (non-hydrogen) atoms. The molecular weight excluding hydrogens is 200 g/mol. The Hall–Kier alpha value is -2.30. The van der Waals surface area contributed by atoms with Gasteiger partial charge in [-0.25, -0.2) is 9.59 Å². The molecule has 5 nitrogen and oxygen atoms in total. The summed E-state index contributed by atoms with van der Waals surface area (Å²) in [5, 5.41) is 17.5. The number of ether oxygens (including phenoxy) is 1. The van der Waals surface area contributed by atoms with Crippen molar-refractivity contribution in [1.82, 2.24) is 0 Å². The maximum absolute atomic E-state index is 11.3. The van der Waals surface area contributed by atoms with Crippen LogP contribution < -0.4 is 0 Å². The van der Waals surface area contributed by atoms with Crippen LogP contribution in [0.4, 0.5) is 0 Å². The van der Waals surface area contributed by atoms with Crippen molar-refractivity contribution in [3.63, 3.8) is 0 Å². The lowest BCUT2D eigenvalue weighted by Crippen LogP contribution is -2.10. The summed E-state index contributed by atoms with van der Waals surface area (Å²) >= 11 is 0. The van der Waals surface area contributed by atoms with Crippen molar-refractivity contribution in [3.05, 3.63) is 42.2 Å². The molecular formula is C10H8O5. The Balaban J connectivity index is 2.78. The number of phenolic OH excluding ortho intramolecular Hbond substituents is 1. The van der Waals surface area contributed by atoms with E-state index in [0.29, 0.717) is 0 Å². The van der Waals surface area contributed by atoms with E-state index < -0.39 is 17.7 Å². The third kappa shape index (κ3) is 2.84. The SMILES string of the molecule is C=C(OC(=O)c1cccc(O)c1)C(=O)O. The summed E-state index contributed by atoms with van der Waals surface area (Å²) < 4.78 is 4.41. The van der Waals surface area contributed by atoms with E-state index in [4.69, 9.17) is 10.2 Å². The second kappa shape index (κ2) is 4.28. The Kier molecular flexibility index (Phi) is 3.07. The van der Waals surface area contributed by atoms with Crippen LogP contribution in [0.1, 0.15) is 10.4 Å². The number of carboxylic acids is 1. The first-order chi connectivity index (χ1) is 7.00. The molecule has 0 saturated carbocycles. The molecule has 2 N–H and O–H groups in total. The molecule has 0 saturated heterocycles. The fraction of sp³-hybridized carbons (Fsp3) is 0. The van der Waals surface area contributed by atoms with Gasteiger partial charge in [-0.15, -0.1) is 0 Å². The predicted molar refractivity (Wildman–Crippen MR) is 50.3 cm³/mol. The number of esters is 1. The number of benzene rings is 1. The van der Waals surface area contributed by atoms with Gasteiger partial charge < -0.3 is 14.9 Å². The second-order valence-electron chi connectivity index (χ2n) is 2.67. The van der Waals surface area contributed by atoms with Gasteiger partial charge in [-0.2, -0.15) is 0 Å². The highest BCUT2D eigenvalue weighted by Gasteiger charge is 2.13. The smallest absolute Gasteiger partial charge is 0.371 e. The van der Waals surface area contributed by atoms with E-state index in [-0.39, 0.29) is 11.3 Å². The molecule has 0 bridgehead atoms. The largest absolute Gasteiger partial charge is 0.508 e. The van der Waals surface area contributed by atoms with Gasteiger partial charge in [-0.3, -0.25) is 0 Å². The summed E-state index contributed by atoms with van der Waals surface area (Å²) in [4.78, 5) is 21.6. The zero-order chi connectivity index (χ0) is 11.4. The zero-order valence-electron chi connectivity index (χ0n) is 7.64. The van der Waals surface area contributed by atoms with Crippen molar-refractivity contribution >= 4 is 11.9 Å². The van der Waals surface area contributed by atoms with Gasteiger partial charge in [0.25, 0.3) is 0 Å².